The molecule has 3 atom stereocenters. The number of hydrogen-bond donors (Lipinski definition) is 1. The molecule has 2 rings (SSSR count). The Morgan fingerprint density at radius 2 is 2.44 bits per heavy atom. The molecule has 0 saturated carbocycles. The van der Waals surface area contributed by atoms with Crippen molar-refractivity contribution in [1.29, 1.82) is 0 Å². The summed E-state index contributed by atoms with van der Waals surface area (Å²) in [5, 5.41) is 11.2. The zero-order valence-electron chi connectivity index (χ0n) is 9.59. The van der Waals surface area contributed by atoms with E-state index in [0.29, 0.717) is 6.04 Å². The monoisotopic (exact) mass is 239 g/mol. The van der Waals surface area contributed by atoms with Gasteiger partial charge < -0.3 is 5.11 Å². The average molecular weight is 239 g/mol. The van der Waals surface area contributed by atoms with Gasteiger partial charge in [0.25, 0.3) is 0 Å². The van der Waals surface area contributed by atoms with Crippen LogP contribution >= 0.6 is 11.3 Å². The van der Waals surface area contributed by atoms with Crippen LogP contribution in [0.25, 0.3) is 0 Å². The maximum Gasteiger partial charge on any atom is 0.308 e. The number of carboxylic acid groups (broad SMARTS) is 1. The van der Waals surface area contributed by atoms with Gasteiger partial charge in [-0.25, -0.2) is 0 Å². The zero-order valence-corrected chi connectivity index (χ0v) is 10.4. The minimum absolute atomic E-state index is 0.134. The van der Waals surface area contributed by atoms with Gasteiger partial charge >= 0.3 is 5.97 Å². The Kier molecular flexibility index (Phi) is 3.30. The molecule has 1 aliphatic rings. The number of carbonyl (C=O) groups is 1. The number of thiophene rings is 1. The van der Waals surface area contributed by atoms with Crippen LogP contribution in [-0.4, -0.2) is 28.6 Å². The number of likely N-dealkylation sites (tertiary alicyclic amines) is 1. The van der Waals surface area contributed by atoms with Crippen LogP contribution in [-0.2, 0) is 4.79 Å². The van der Waals surface area contributed by atoms with Crippen molar-refractivity contribution in [2.24, 2.45) is 5.92 Å². The largest absolute Gasteiger partial charge is 0.481 e. The molecule has 88 valence electrons. The van der Waals surface area contributed by atoms with Gasteiger partial charge in [-0.05, 0) is 38.3 Å². The van der Waals surface area contributed by atoms with Crippen molar-refractivity contribution in [3.05, 3.63) is 22.4 Å². The standard InChI is InChI=1S/C12H17NO2S/c1-8-10(12(14)15)5-6-13(8)9(2)11-4-3-7-16-11/h3-4,7-10H,5-6H2,1-2H3,(H,14,15). The van der Waals surface area contributed by atoms with Crippen molar-refractivity contribution in [1.82, 2.24) is 4.90 Å². The number of nitrogens with zero attached hydrogens (tertiary/aromatic N) is 1. The third kappa shape index (κ3) is 1.99. The van der Waals surface area contributed by atoms with Gasteiger partial charge in [-0.3, -0.25) is 9.69 Å². The molecule has 0 radical (unpaired) electrons. The van der Waals surface area contributed by atoms with Gasteiger partial charge in [0.05, 0.1) is 5.92 Å². The molecule has 0 aliphatic carbocycles. The summed E-state index contributed by atoms with van der Waals surface area (Å²) >= 11 is 1.74. The van der Waals surface area contributed by atoms with Crippen molar-refractivity contribution in [2.75, 3.05) is 6.54 Å². The second kappa shape index (κ2) is 4.55. The molecule has 0 bridgehead atoms. The van der Waals surface area contributed by atoms with E-state index >= 15 is 0 Å². The quantitative estimate of drug-likeness (QED) is 0.881. The first-order valence-corrected chi connectivity index (χ1v) is 6.51. The molecule has 1 aliphatic heterocycles. The van der Waals surface area contributed by atoms with Gasteiger partial charge in [-0.1, -0.05) is 6.07 Å². The fourth-order valence-corrected chi connectivity index (χ4v) is 3.34. The van der Waals surface area contributed by atoms with Crippen molar-refractivity contribution >= 4 is 17.3 Å². The molecule has 0 aromatic carbocycles. The van der Waals surface area contributed by atoms with Crippen LogP contribution in [0.4, 0.5) is 0 Å². The molecule has 1 aromatic rings. The van der Waals surface area contributed by atoms with E-state index in [9.17, 15) is 4.79 Å². The molecule has 3 nitrogen and oxygen atoms in total. The van der Waals surface area contributed by atoms with Crippen LogP contribution < -0.4 is 0 Å². The molecular formula is C12H17NO2S. The minimum Gasteiger partial charge on any atom is -0.481 e. The third-order valence-corrected chi connectivity index (χ3v) is 4.62. The Labute approximate surface area is 99.7 Å². The van der Waals surface area contributed by atoms with Gasteiger partial charge in [-0.2, -0.15) is 0 Å². The van der Waals surface area contributed by atoms with Crippen LogP contribution in [0.2, 0.25) is 0 Å². The number of carboxylic acids is 1. The second-order valence-corrected chi connectivity index (χ2v) is 5.38. The molecule has 16 heavy (non-hydrogen) atoms. The molecule has 1 saturated heterocycles. The first-order chi connectivity index (χ1) is 7.61. The number of aliphatic carboxylic acids is 1. The maximum atomic E-state index is 11.0. The highest BCUT2D eigenvalue weighted by Crippen LogP contribution is 2.34. The fraction of sp³-hybridized carbons (Fsp3) is 0.583. The summed E-state index contributed by atoms with van der Waals surface area (Å²) in [5.41, 5.74) is 0. The van der Waals surface area contributed by atoms with Crippen LogP contribution in [0.1, 0.15) is 31.2 Å². The van der Waals surface area contributed by atoms with Crippen molar-refractivity contribution in [2.45, 2.75) is 32.4 Å². The summed E-state index contributed by atoms with van der Waals surface area (Å²) in [5.74, 6) is -0.865. The van der Waals surface area contributed by atoms with Gasteiger partial charge in [0.1, 0.15) is 0 Å². The SMILES string of the molecule is CC(c1cccs1)N1CCC(C(=O)O)C1C. The first-order valence-electron chi connectivity index (χ1n) is 5.63. The lowest BCUT2D eigenvalue weighted by atomic mass is 10.0. The third-order valence-electron chi connectivity index (χ3n) is 3.57. The molecule has 0 amide bonds. The normalized spacial score (nSPS) is 28.1. The van der Waals surface area contributed by atoms with Crippen LogP contribution in [0.3, 0.4) is 0 Å². The van der Waals surface area contributed by atoms with Crippen LogP contribution in [0.15, 0.2) is 17.5 Å². The highest BCUT2D eigenvalue weighted by atomic mass is 32.1. The van der Waals surface area contributed by atoms with E-state index in [4.69, 9.17) is 5.11 Å². The molecular weight excluding hydrogens is 222 g/mol. The second-order valence-electron chi connectivity index (χ2n) is 4.40. The predicted octanol–water partition coefficient (Wildman–Crippen LogP) is 2.60. The summed E-state index contributed by atoms with van der Waals surface area (Å²) in [6.45, 7) is 5.07. The molecule has 1 N–H and O–H groups in total. The van der Waals surface area contributed by atoms with E-state index in [1.54, 1.807) is 11.3 Å². The Balaban J connectivity index is 2.09. The smallest absolute Gasteiger partial charge is 0.308 e. The van der Waals surface area contributed by atoms with Crippen LogP contribution in [0, 0.1) is 5.92 Å². The lowest BCUT2D eigenvalue weighted by molar-refractivity contribution is -0.142. The summed E-state index contributed by atoms with van der Waals surface area (Å²) in [6.07, 6.45) is 0.770. The maximum absolute atomic E-state index is 11.0. The molecule has 1 fully saturated rings. The summed E-state index contributed by atoms with van der Waals surface area (Å²) in [6, 6.07) is 4.64. The molecule has 2 heterocycles. The van der Waals surface area contributed by atoms with E-state index in [2.05, 4.69) is 23.3 Å². The lowest BCUT2D eigenvalue weighted by Gasteiger charge is -2.28. The van der Waals surface area contributed by atoms with Crippen molar-refractivity contribution in [3.63, 3.8) is 0 Å². The minimum atomic E-state index is -0.659. The first kappa shape index (κ1) is 11.6. The Bertz CT molecular complexity index is 363. The fourth-order valence-electron chi connectivity index (χ4n) is 2.53. The molecule has 0 spiro atoms. The van der Waals surface area contributed by atoms with Gasteiger partial charge in [0, 0.05) is 17.0 Å². The summed E-state index contributed by atoms with van der Waals surface area (Å²) in [7, 11) is 0. The highest BCUT2D eigenvalue weighted by molar-refractivity contribution is 7.10. The van der Waals surface area contributed by atoms with Gasteiger partial charge in [0.15, 0.2) is 0 Å². The summed E-state index contributed by atoms with van der Waals surface area (Å²) < 4.78 is 0. The molecule has 4 heteroatoms. The van der Waals surface area contributed by atoms with Crippen molar-refractivity contribution in [3.8, 4) is 0 Å². The Hall–Kier alpha value is -0.870. The van der Waals surface area contributed by atoms with Gasteiger partial charge in [0.2, 0.25) is 0 Å². The topological polar surface area (TPSA) is 40.5 Å². The van der Waals surface area contributed by atoms with E-state index in [-0.39, 0.29) is 12.0 Å². The van der Waals surface area contributed by atoms with Crippen LogP contribution in [0.5, 0.6) is 0 Å². The Morgan fingerprint density at radius 3 is 2.94 bits per heavy atom. The summed E-state index contributed by atoms with van der Waals surface area (Å²) in [4.78, 5) is 14.7. The van der Waals surface area contributed by atoms with Crippen molar-refractivity contribution < 1.29 is 9.90 Å². The van der Waals surface area contributed by atoms with Gasteiger partial charge in [-0.15, -0.1) is 11.3 Å². The zero-order chi connectivity index (χ0) is 11.7. The highest BCUT2D eigenvalue weighted by Gasteiger charge is 2.38. The molecule has 1 aromatic heterocycles. The lowest BCUT2D eigenvalue weighted by Crippen LogP contribution is -2.34. The van der Waals surface area contributed by atoms with E-state index in [1.807, 2.05) is 13.0 Å². The van der Waals surface area contributed by atoms with E-state index in [1.165, 1.54) is 4.88 Å². The molecule has 3 unspecified atom stereocenters. The number of hydrogen-bond acceptors (Lipinski definition) is 3. The Morgan fingerprint density at radius 1 is 1.69 bits per heavy atom. The average Bonchev–Trinajstić information content (AvgIpc) is 2.84. The van der Waals surface area contributed by atoms with E-state index in [0.717, 1.165) is 13.0 Å². The number of rotatable bonds is 3. The predicted molar refractivity (Wildman–Crippen MR) is 64.6 cm³/mol. The van der Waals surface area contributed by atoms with E-state index < -0.39 is 5.97 Å².